The molecule has 0 bridgehead atoms. The number of aromatic nitrogens is 3. The second-order valence-corrected chi connectivity index (χ2v) is 10.6. The van der Waals surface area contributed by atoms with Gasteiger partial charge in [-0.2, -0.15) is 4.98 Å². The molecule has 180 valence electrons. The summed E-state index contributed by atoms with van der Waals surface area (Å²) >= 11 is 1.64. The van der Waals surface area contributed by atoms with Crippen molar-refractivity contribution >= 4 is 28.8 Å². The number of nitrogens with zero attached hydrogens (tertiary/aromatic N) is 4. The maximum atomic E-state index is 10.3. The molecule has 2 aromatic heterocycles. The molecule has 2 aromatic rings. The molecule has 2 fully saturated rings. The largest absolute Gasteiger partial charge is 0.396 e. The molecule has 9 heteroatoms. The molecule has 2 aliphatic carbocycles. The molecule has 4 N–H and O–H groups in total. The third-order valence-electron chi connectivity index (χ3n) is 6.61. The van der Waals surface area contributed by atoms with Gasteiger partial charge in [0, 0.05) is 37.0 Å². The first kappa shape index (κ1) is 24.0. The van der Waals surface area contributed by atoms with Gasteiger partial charge in [-0.3, -0.25) is 4.99 Å². The van der Waals surface area contributed by atoms with Crippen LogP contribution in [0.15, 0.2) is 4.99 Å². The highest BCUT2D eigenvalue weighted by Crippen LogP contribution is 2.37. The van der Waals surface area contributed by atoms with Crippen molar-refractivity contribution < 1.29 is 10.2 Å². The topological polar surface area (TPSA) is 116 Å². The molecule has 8 nitrogen and oxygen atoms in total. The van der Waals surface area contributed by atoms with Gasteiger partial charge in [0.1, 0.15) is 10.8 Å². The molecule has 2 unspecified atom stereocenters. The van der Waals surface area contributed by atoms with Crippen LogP contribution >= 0.6 is 11.3 Å². The van der Waals surface area contributed by atoms with E-state index >= 15 is 0 Å². The minimum atomic E-state index is -0.502. The number of hydrogen-bond donors (Lipinski definition) is 4. The normalized spacial score (nSPS) is 23.2. The molecule has 0 spiro atoms. The summed E-state index contributed by atoms with van der Waals surface area (Å²) in [6.07, 6.45) is 5.23. The molecular weight excluding hydrogens is 436 g/mol. The lowest BCUT2D eigenvalue weighted by Crippen LogP contribution is -2.20. The van der Waals surface area contributed by atoms with Crippen molar-refractivity contribution in [3.8, 4) is 10.6 Å². The number of rotatable bonds is 10. The number of anilines is 2. The predicted octanol–water partition coefficient (Wildman–Crippen LogP) is 3.80. The van der Waals surface area contributed by atoms with Crippen LogP contribution in [0.25, 0.3) is 10.6 Å². The predicted molar refractivity (Wildman–Crippen MR) is 134 cm³/mol. The van der Waals surface area contributed by atoms with Crippen molar-refractivity contribution in [1.29, 1.82) is 0 Å². The zero-order chi connectivity index (χ0) is 23.5. The number of aliphatic hydroxyl groups excluding tert-OH is 2. The van der Waals surface area contributed by atoms with Crippen LogP contribution in [0.3, 0.4) is 0 Å². The first-order chi connectivity index (χ1) is 15.9. The Morgan fingerprint density at radius 3 is 2.61 bits per heavy atom. The van der Waals surface area contributed by atoms with Gasteiger partial charge < -0.3 is 20.8 Å². The summed E-state index contributed by atoms with van der Waals surface area (Å²) in [6, 6.07) is 0.0369. The molecule has 2 aliphatic rings. The van der Waals surface area contributed by atoms with Crippen molar-refractivity contribution in [1.82, 2.24) is 15.0 Å². The average Bonchev–Trinajstić information content (AvgIpc) is 3.45. The summed E-state index contributed by atoms with van der Waals surface area (Å²) in [6.45, 7) is 7.12. The van der Waals surface area contributed by atoms with E-state index in [0.717, 1.165) is 63.7 Å². The number of aliphatic imine (C=N–C) groups is 1. The first-order valence-electron chi connectivity index (χ1n) is 12.0. The zero-order valence-electron chi connectivity index (χ0n) is 20.1. The van der Waals surface area contributed by atoms with E-state index in [-0.39, 0.29) is 18.6 Å². The monoisotopic (exact) mass is 472 g/mol. The smallest absolute Gasteiger partial charge is 0.224 e. The standard InChI is InChI=1S/C24H36N6O2S/c1-5-6-18(25-4)21-14(3)33-23(29-21)20-13(2)27-24(26-11-15-7-8-15)30-22(20)28-17-9-16(12-31)19(32)10-17/h15-17,19,31-32H,5-12H2,1-4H3,(H2,26,27,28,30)/t16?,17?,19-/m0/s1. The van der Waals surface area contributed by atoms with E-state index in [1.807, 2.05) is 14.0 Å². The van der Waals surface area contributed by atoms with Gasteiger partial charge in [0.15, 0.2) is 0 Å². The lowest BCUT2D eigenvalue weighted by atomic mass is 10.1. The third kappa shape index (κ3) is 5.53. The van der Waals surface area contributed by atoms with Crippen LogP contribution in [0, 0.1) is 25.7 Å². The molecule has 2 heterocycles. The van der Waals surface area contributed by atoms with Gasteiger partial charge in [0.2, 0.25) is 5.95 Å². The summed E-state index contributed by atoms with van der Waals surface area (Å²) < 4.78 is 0. The van der Waals surface area contributed by atoms with E-state index in [0.29, 0.717) is 18.8 Å². The van der Waals surface area contributed by atoms with Crippen molar-refractivity contribution in [2.45, 2.75) is 71.4 Å². The molecule has 0 aliphatic heterocycles. The highest BCUT2D eigenvalue weighted by atomic mass is 32.1. The maximum Gasteiger partial charge on any atom is 0.224 e. The molecule has 0 aromatic carbocycles. The summed E-state index contributed by atoms with van der Waals surface area (Å²) in [5, 5.41) is 27.7. The molecular formula is C24H36N6O2S. The van der Waals surface area contributed by atoms with Crippen molar-refractivity contribution in [2.24, 2.45) is 16.8 Å². The average molecular weight is 473 g/mol. The van der Waals surface area contributed by atoms with Crippen LogP contribution in [0.5, 0.6) is 0 Å². The van der Waals surface area contributed by atoms with Gasteiger partial charge in [-0.25, -0.2) is 9.97 Å². The van der Waals surface area contributed by atoms with Gasteiger partial charge in [-0.05, 0) is 51.9 Å². The molecule has 4 rings (SSSR count). The van der Waals surface area contributed by atoms with Gasteiger partial charge in [0.05, 0.1) is 28.8 Å². The Labute approximate surface area is 200 Å². The zero-order valence-corrected chi connectivity index (χ0v) is 20.9. The summed E-state index contributed by atoms with van der Waals surface area (Å²) in [7, 11) is 1.83. The minimum absolute atomic E-state index is 0.00517. The van der Waals surface area contributed by atoms with Crippen LogP contribution in [0.4, 0.5) is 11.8 Å². The second-order valence-electron chi connectivity index (χ2n) is 9.35. The van der Waals surface area contributed by atoms with E-state index < -0.39 is 6.10 Å². The van der Waals surface area contributed by atoms with Crippen LogP contribution in [0.1, 0.15) is 61.7 Å². The van der Waals surface area contributed by atoms with Gasteiger partial charge in [0.25, 0.3) is 0 Å². The Morgan fingerprint density at radius 2 is 1.97 bits per heavy atom. The van der Waals surface area contributed by atoms with Crippen LogP contribution < -0.4 is 10.6 Å². The first-order valence-corrected chi connectivity index (χ1v) is 12.9. The fraction of sp³-hybridized carbons (Fsp3) is 0.667. The molecule has 2 saturated carbocycles. The van der Waals surface area contributed by atoms with Gasteiger partial charge >= 0.3 is 0 Å². The van der Waals surface area contributed by atoms with Crippen LogP contribution in [-0.2, 0) is 0 Å². The van der Waals surface area contributed by atoms with E-state index in [9.17, 15) is 10.2 Å². The molecule has 0 saturated heterocycles. The highest BCUT2D eigenvalue weighted by molar-refractivity contribution is 7.15. The molecule has 33 heavy (non-hydrogen) atoms. The third-order valence-corrected chi connectivity index (χ3v) is 7.60. The lowest BCUT2D eigenvalue weighted by Gasteiger charge is -2.18. The number of thiazole rings is 1. The van der Waals surface area contributed by atoms with Gasteiger partial charge in [-0.15, -0.1) is 11.3 Å². The highest BCUT2D eigenvalue weighted by Gasteiger charge is 2.33. The summed E-state index contributed by atoms with van der Waals surface area (Å²) in [5.74, 6) is 1.97. The molecule has 3 atom stereocenters. The SMILES string of the molecule is CCCC(=NC)c1nc(-c2c(C)nc(NCC3CC3)nc2NC2CC(CO)[C@@H](O)C2)sc1C. The Bertz CT molecular complexity index is 1000. The Hall–Kier alpha value is -2.10. The van der Waals surface area contributed by atoms with Gasteiger partial charge in [-0.1, -0.05) is 13.3 Å². The summed E-state index contributed by atoms with van der Waals surface area (Å²) in [4.78, 5) is 20.2. The lowest BCUT2D eigenvalue weighted by molar-refractivity contribution is 0.0908. The number of hydrogen-bond acceptors (Lipinski definition) is 9. The Kier molecular flexibility index (Phi) is 7.61. The number of nitrogens with one attached hydrogen (secondary N) is 2. The maximum absolute atomic E-state index is 10.3. The second kappa shape index (κ2) is 10.4. The number of aryl methyl sites for hydroxylation is 2. The van der Waals surface area contributed by atoms with E-state index in [4.69, 9.17) is 15.0 Å². The summed E-state index contributed by atoms with van der Waals surface area (Å²) in [5.41, 5.74) is 3.75. The van der Waals surface area contributed by atoms with Crippen LogP contribution in [0.2, 0.25) is 0 Å². The van der Waals surface area contributed by atoms with E-state index in [1.54, 1.807) is 11.3 Å². The number of aliphatic hydroxyl groups is 2. The Morgan fingerprint density at radius 1 is 1.18 bits per heavy atom. The fourth-order valence-corrected chi connectivity index (χ4v) is 5.56. The fourth-order valence-electron chi connectivity index (χ4n) is 4.52. The van der Waals surface area contributed by atoms with Crippen molar-refractivity contribution in [3.63, 3.8) is 0 Å². The van der Waals surface area contributed by atoms with Crippen molar-refractivity contribution in [3.05, 3.63) is 16.3 Å². The Balaban J connectivity index is 1.69. The minimum Gasteiger partial charge on any atom is -0.396 e. The van der Waals surface area contributed by atoms with Crippen LogP contribution in [-0.4, -0.2) is 63.2 Å². The van der Waals surface area contributed by atoms with E-state index in [2.05, 4.69) is 29.5 Å². The molecule has 0 amide bonds. The molecule has 0 radical (unpaired) electrons. The van der Waals surface area contributed by atoms with E-state index in [1.165, 1.54) is 12.8 Å². The quantitative estimate of drug-likeness (QED) is 0.389. The van der Waals surface area contributed by atoms with Crippen molar-refractivity contribution in [2.75, 3.05) is 30.8 Å².